The molecule has 1 spiro atoms. The molecule has 24 heavy (non-hydrogen) atoms. The van der Waals surface area contributed by atoms with Crippen LogP contribution in [0, 0.1) is 22.7 Å². The van der Waals surface area contributed by atoms with Crippen LogP contribution in [0.3, 0.4) is 0 Å². The van der Waals surface area contributed by atoms with E-state index in [2.05, 4.69) is 21.6 Å². The monoisotopic (exact) mass is 323 g/mol. The first-order valence-electron chi connectivity index (χ1n) is 7.28. The summed E-state index contributed by atoms with van der Waals surface area (Å²) in [5, 5.41) is 27.5. The van der Waals surface area contributed by atoms with Gasteiger partial charge in [-0.3, -0.25) is 15.3 Å². The van der Waals surface area contributed by atoms with E-state index in [1.165, 1.54) is 7.11 Å². The summed E-state index contributed by atoms with van der Waals surface area (Å²) in [5.74, 6) is -1.64. The van der Waals surface area contributed by atoms with Crippen molar-refractivity contribution in [3.8, 4) is 11.9 Å². The molecule has 0 saturated carbocycles. The minimum absolute atomic E-state index is 0.130. The average Bonchev–Trinajstić information content (AvgIpc) is 3.09. The highest BCUT2D eigenvalue weighted by Crippen LogP contribution is 2.53. The molecular formula is C16H13N5O3. The lowest BCUT2D eigenvalue weighted by Crippen LogP contribution is -2.50. The zero-order valence-corrected chi connectivity index (χ0v) is 12.7. The molecule has 1 aromatic carbocycles. The maximum atomic E-state index is 13.0. The number of H-pyrrole nitrogens is 1. The Kier molecular flexibility index (Phi) is 2.95. The number of hydrogen-bond donors (Lipinski definition) is 3. The summed E-state index contributed by atoms with van der Waals surface area (Å²) in [7, 11) is 1.52. The highest BCUT2D eigenvalue weighted by Gasteiger charge is 2.61. The third-order valence-corrected chi connectivity index (χ3v) is 4.48. The number of aromatic nitrogens is 2. The van der Waals surface area contributed by atoms with Gasteiger partial charge in [0.25, 0.3) is 0 Å². The summed E-state index contributed by atoms with van der Waals surface area (Å²) < 4.78 is 10.6. The topological polar surface area (TPSA) is 124 Å². The number of nitriles is 1. The molecule has 3 heterocycles. The van der Waals surface area contributed by atoms with Crippen molar-refractivity contribution in [1.82, 2.24) is 10.2 Å². The van der Waals surface area contributed by atoms with Gasteiger partial charge in [-0.1, -0.05) is 18.2 Å². The van der Waals surface area contributed by atoms with Crippen molar-refractivity contribution in [2.45, 2.75) is 12.0 Å². The average molecular weight is 323 g/mol. The lowest BCUT2D eigenvalue weighted by molar-refractivity contribution is -0.120. The van der Waals surface area contributed by atoms with Crippen LogP contribution in [0.5, 0.6) is 5.88 Å². The molecule has 0 radical (unpaired) electrons. The minimum Gasteiger partial charge on any atom is -0.422 e. The Balaban J connectivity index is 2.10. The fraction of sp³-hybridized carbons (Fsp3) is 0.250. The lowest BCUT2D eigenvalue weighted by atomic mass is 9.65. The van der Waals surface area contributed by atoms with E-state index in [1.807, 2.05) is 0 Å². The van der Waals surface area contributed by atoms with Gasteiger partial charge in [-0.05, 0) is 11.6 Å². The summed E-state index contributed by atoms with van der Waals surface area (Å²) in [6.07, 6.45) is 0. The number of carbonyl (C=O) groups excluding carboxylic acids is 1. The molecule has 120 valence electrons. The Labute approximate surface area is 136 Å². The highest BCUT2D eigenvalue weighted by molar-refractivity contribution is 6.13. The highest BCUT2D eigenvalue weighted by atomic mass is 16.5. The molecule has 2 aliphatic heterocycles. The molecule has 3 N–H and O–H groups in total. The summed E-state index contributed by atoms with van der Waals surface area (Å²) in [6.45, 7) is 0.175. The summed E-state index contributed by atoms with van der Waals surface area (Å²) in [6, 6.07) is 9.21. The molecule has 8 nitrogen and oxygen atoms in total. The van der Waals surface area contributed by atoms with Crippen LogP contribution in [-0.2, 0) is 21.6 Å². The lowest BCUT2D eigenvalue weighted by Gasteiger charge is -2.35. The molecule has 2 atom stereocenters. The van der Waals surface area contributed by atoms with Gasteiger partial charge in [-0.25, -0.2) is 0 Å². The Morgan fingerprint density at radius 1 is 1.50 bits per heavy atom. The van der Waals surface area contributed by atoms with Crippen LogP contribution in [0.15, 0.2) is 24.3 Å². The van der Waals surface area contributed by atoms with E-state index in [0.717, 1.165) is 0 Å². The number of methoxy groups -OCH3 is 1. The summed E-state index contributed by atoms with van der Waals surface area (Å²) >= 11 is 0. The number of ether oxygens (including phenoxy) is 2. The largest absolute Gasteiger partial charge is 0.422 e. The number of amides is 1. The maximum Gasteiger partial charge on any atom is 0.244 e. The van der Waals surface area contributed by atoms with E-state index in [-0.39, 0.29) is 24.3 Å². The molecule has 0 bridgehead atoms. The number of nitrogens with zero attached hydrogens (tertiary/aromatic N) is 2. The van der Waals surface area contributed by atoms with Crippen LogP contribution in [0.25, 0.3) is 0 Å². The van der Waals surface area contributed by atoms with Crippen LogP contribution in [-0.4, -0.2) is 29.1 Å². The number of hydrogen-bond acceptors (Lipinski definition) is 6. The van der Waals surface area contributed by atoms with E-state index in [4.69, 9.17) is 14.9 Å². The fourth-order valence-corrected chi connectivity index (χ4v) is 3.56. The predicted molar refractivity (Wildman–Crippen MR) is 82.6 cm³/mol. The van der Waals surface area contributed by atoms with Gasteiger partial charge in [0.05, 0.1) is 23.9 Å². The van der Waals surface area contributed by atoms with Gasteiger partial charge in [0, 0.05) is 12.8 Å². The number of benzene rings is 1. The van der Waals surface area contributed by atoms with Crippen molar-refractivity contribution in [2.24, 2.45) is 5.92 Å². The number of fused-ring (bicyclic) bond motifs is 4. The summed E-state index contributed by atoms with van der Waals surface area (Å²) in [5.41, 5.74) is 0.876. The van der Waals surface area contributed by atoms with Crippen LogP contribution >= 0.6 is 0 Å². The van der Waals surface area contributed by atoms with Gasteiger partial charge in [0.15, 0.2) is 0 Å². The van der Waals surface area contributed by atoms with Crippen molar-refractivity contribution in [1.29, 1.82) is 10.7 Å². The van der Waals surface area contributed by atoms with Gasteiger partial charge in [0.2, 0.25) is 17.7 Å². The van der Waals surface area contributed by atoms with Crippen molar-refractivity contribution in [3.63, 3.8) is 0 Å². The SMILES string of the molecule is COCc1[nH]nc2c1C1(C(=O)Nc3ccccc31)C(C#N)C(=N)O2. The molecule has 2 unspecified atom stereocenters. The second kappa shape index (κ2) is 4.91. The first kappa shape index (κ1) is 14.4. The molecule has 4 rings (SSSR count). The number of aromatic amines is 1. The molecule has 1 aromatic heterocycles. The van der Waals surface area contributed by atoms with E-state index in [1.54, 1.807) is 24.3 Å². The van der Waals surface area contributed by atoms with Crippen molar-refractivity contribution in [2.75, 3.05) is 12.4 Å². The van der Waals surface area contributed by atoms with E-state index in [9.17, 15) is 10.1 Å². The number of carbonyl (C=O) groups is 1. The number of rotatable bonds is 2. The fourth-order valence-electron chi connectivity index (χ4n) is 3.56. The van der Waals surface area contributed by atoms with Crippen molar-refractivity contribution < 1.29 is 14.3 Å². The standard InChI is InChI=1S/C16H13N5O3/c1-23-7-11-12-14(21-20-11)24-13(18)9(6-17)16(12)8-4-2-3-5-10(8)19-15(16)22/h2-5,9,18H,7H2,1H3,(H,19,22)(H,20,21). The second-order valence-corrected chi connectivity index (χ2v) is 5.65. The van der Waals surface area contributed by atoms with Crippen molar-refractivity contribution >= 4 is 17.5 Å². The van der Waals surface area contributed by atoms with Crippen LogP contribution < -0.4 is 10.1 Å². The third kappa shape index (κ3) is 1.56. The predicted octanol–water partition coefficient (Wildman–Crippen LogP) is 1.30. The smallest absolute Gasteiger partial charge is 0.244 e. The normalized spacial score (nSPS) is 24.1. The Bertz CT molecular complexity index is 913. The summed E-state index contributed by atoms with van der Waals surface area (Å²) in [4.78, 5) is 13.0. The van der Waals surface area contributed by atoms with Crippen molar-refractivity contribution in [3.05, 3.63) is 41.1 Å². The van der Waals surface area contributed by atoms with Gasteiger partial charge < -0.3 is 14.8 Å². The molecule has 0 aliphatic carbocycles. The minimum atomic E-state index is -1.38. The molecule has 0 fully saturated rings. The van der Waals surface area contributed by atoms with Gasteiger partial charge in [0.1, 0.15) is 11.3 Å². The number of nitrogens with one attached hydrogen (secondary N) is 3. The number of para-hydroxylation sites is 1. The van der Waals surface area contributed by atoms with Crippen LogP contribution in [0.4, 0.5) is 5.69 Å². The Hall–Kier alpha value is -3.18. The van der Waals surface area contributed by atoms with Gasteiger partial charge in [-0.2, -0.15) is 5.26 Å². The molecule has 2 aromatic rings. The molecule has 8 heteroatoms. The van der Waals surface area contributed by atoms with Gasteiger partial charge >= 0.3 is 0 Å². The molecule has 1 amide bonds. The number of anilines is 1. The zero-order valence-electron chi connectivity index (χ0n) is 12.7. The van der Waals surface area contributed by atoms with E-state index >= 15 is 0 Å². The second-order valence-electron chi connectivity index (χ2n) is 5.65. The zero-order chi connectivity index (χ0) is 16.9. The molecule has 0 saturated heterocycles. The molecule has 2 aliphatic rings. The van der Waals surface area contributed by atoms with E-state index < -0.39 is 11.3 Å². The third-order valence-electron chi connectivity index (χ3n) is 4.48. The van der Waals surface area contributed by atoms with Crippen LogP contribution in [0.2, 0.25) is 0 Å². The van der Waals surface area contributed by atoms with E-state index in [0.29, 0.717) is 22.5 Å². The quantitative estimate of drug-likeness (QED) is 0.768. The first-order valence-corrected chi connectivity index (χ1v) is 7.28. The molecular weight excluding hydrogens is 310 g/mol. The Morgan fingerprint density at radius 3 is 3.04 bits per heavy atom. The van der Waals surface area contributed by atoms with Crippen LogP contribution in [0.1, 0.15) is 16.8 Å². The first-order chi connectivity index (χ1) is 11.6. The maximum absolute atomic E-state index is 13.0. The Morgan fingerprint density at radius 2 is 2.29 bits per heavy atom. The van der Waals surface area contributed by atoms with Gasteiger partial charge in [-0.15, -0.1) is 5.10 Å².